The normalized spacial score (nSPS) is 14.5. The van der Waals surface area contributed by atoms with Crippen molar-refractivity contribution in [2.45, 2.75) is 38.0 Å². The summed E-state index contributed by atoms with van der Waals surface area (Å²) in [4.78, 5) is 15.7. The summed E-state index contributed by atoms with van der Waals surface area (Å²) in [5.41, 5.74) is 2.35. The molecule has 9 nitrogen and oxygen atoms in total. The zero-order valence-corrected chi connectivity index (χ0v) is 19.2. The summed E-state index contributed by atoms with van der Waals surface area (Å²) in [5, 5.41) is 3.13. The predicted molar refractivity (Wildman–Crippen MR) is 123 cm³/mol. The van der Waals surface area contributed by atoms with E-state index in [0.29, 0.717) is 24.1 Å². The molecule has 32 heavy (non-hydrogen) atoms. The molecule has 1 aliphatic heterocycles. The molecule has 170 valence electrons. The van der Waals surface area contributed by atoms with Gasteiger partial charge in [-0.15, -0.1) is 0 Å². The maximum atomic E-state index is 12.6. The molecule has 2 N–H and O–H groups in total. The number of piperidine rings is 1. The highest BCUT2D eigenvalue weighted by Crippen LogP contribution is 2.21. The van der Waals surface area contributed by atoms with E-state index >= 15 is 0 Å². The van der Waals surface area contributed by atoms with Crippen LogP contribution < -0.4 is 14.9 Å². The summed E-state index contributed by atoms with van der Waals surface area (Å²) in [7, 11) is -3.62. The Labute approximate surface area is 188 Å². The Hall–Kier alpha value is -2.98. The summed E-state index contributed by atoms with van der Waals surface area (Å²) in [6.45, 7) is 6.29. The molecule has 0 spiro atoms. The minimum atomic E-state index is -3.62. The number of hydrogen-bond donors (Lipinski definition) is 2. The van der Waals surface area contributed by atoms with Crippen molar-refractivity contribution in [2.24, 2.45) is 0 Å². The minimum Gasteiger partial charge on any atom is -0.449 e. The molecule has 1 fully saturated rings. The highest BCUT2D eigenvalue weighted by atomic mass is 32.2. The number of nitrogens with zero attached hydrogens (tertiary/aromatic N) is 4. The topological polar surface area (TPSA) is 113 Å². The van der Waals surface area contributed by atoms with Crippen molar-refractivity contribution in [3.8, 4) is 11.3 Å². The van der Waals surface area contributed by atoms with Crippen LogP contribution >= 0.6 is 0 Å². The van der Waals surface area contributed by atoms with Gasteiger partial charge in [0, 0.05) is 50.4 Å². The summed E-state index contributed by atoms with van der Waals surface area (Å²) in [6.07, 6.45) is 5.15. The quantitative estimate of drug-likeness (QED) is 0.497. The number of hydrogen-bond acceptors (Lipinski definition) is 8. The molecule has 1 aliphatic rings. The van der Waals surface area contributed by atoms with Gasteiger partial charge in [0.05, 0.1) is 4.90 Å². The number of nitrogens with one attached hydrogen (secondary N) is 2. The predicted octanol–water partition coefficient (Wildman–Crippen LogP) is 3.13. The molecule has 3 heterocycles. The molecule has 1 aromatic carbocycles. The monoisotopic (exact) mass is 456 g/mol. The fourth-order valence-electron chi connectivity index (χ4n) is 3.66. The van der Waals surface area contributed by atoms with Crippen LogP contribution in [0.3, 0.4) is 0 Å². The molecular weight excluding hydrogens is 428 g/mol. The van der Waals surface area contributed by atoms with Gasteiger partial charge in [0.1, 0.15) is 17.8 Å². The van der Waals surface area contributed by atoms with Crippen LogP contribution in [0.1, 0.15) is 30.8 Å². The fraction of sp³-hybridized carbons (Fsp3) is 0.409. The molecule has 1 saturated heterocycles. The second-order valence-corrected chi connectivity index (χ2v) is 9.61. The van der Waals surface area contributed by atoms with Crippen molar-refractivity contribution in [3.05, 3.63) is 48.2 Å². The number of anilines is 2. The Morgan fingerprint density at radius 2 is 1.75 bits per heavy atom. The van der Waals surface area contributed by atoms with E-state index in [2.05, 4.69) is 29.9 Å². The van der Waals surface area contributed by atoms with Crippen molar-refractivity contribution >= 4 is 21.8 Å². The number of sulfonamides is 1. The molecule has 3 aromatic rings. The van der Waals surface area contributed by atoms with Gasteiger partial charge >= 0.3 is 0 Å². The number of rotatable bonds is 8. The fourth-order valence-corrected chi connectivity index (χ4v) is 4.69. The van der Waals surface area contributed by atoms with E-state index in [0.717, 1.165) is 30.2 Å². The molecule has 0 aliphatic carbocycles. The first-order valence-electron chi connectivity index (χ1n) is 10.8. The molecule has 0 unspecified atom stereocenters. The Bertz CT molecular complexity index is 1150. The number of aromatic nitrogens is 3. The molecule has 4 rings (SSSR count). The number of oxazole rings is 1. The lowest BCUT2D eigenvalue weighted by molar-refractivity contribution is 0.521. The second-order valence-electron chi connectivity index (χ2n) is 7.84. The van der Waals surface area contributed by atoms with Crippen molar-refractivity contribution in [3.63, 3.8) is 0 Å². The number of aryl methyl sites for hydroxylation is 2. The Morgan fingerprint density at radius 3 is 2.44 bits per heavy atom. The zero-order chi connectivity index (χ0) is 22.6. The maximum absolute atomic E-state index is 12.6. The molecule has 10 heteroatoms. The maximum Gasteiger partial charge on any atom is 0.240 e. The first-order chi connectivity index (χ1) is 15.4. The lowest BCUT2D eigenvalue weighted by Crippen LogP contribution is -2.31. The highest BCUT2D eigenvalue weighted by molar-refractivity contribution is 7.89. The van der Waals surface area contributed by atoms with Crippen LogP contribution in [0.15, 0.2) is 45.9 Å². The summed E-state index contributed by atoms with van der Waals surface area (Å²) in [5.74, 6) is 1.99. The van der Waals surface area contributed by atoms with Gasteiger partial charge in [-0.1, -0.05) is 12.1 Å². The third-order valence-electron chi connectivity index (χ3n) is 5.30. The van der Waals surface area contributed by atoms with E-state index < -0.39 is 10.0 Å². The largest absolute Gasteiger partial charge is 0.449 e. The lowest BCUT2D eigenvalue weighted by atomic mass is 10.1. The molecule has 0 amide bonds. The minimum absolute atomic E-state index is 0.195. The van der Waals surface area contributed by atoms with Gasteiger partial charge in [-0.2, -0.15) is 4.98 Å². The average molecular weight is 457 g/mol. The van der Waals surface area contributed by atoms with Crippen LogP contribution in [0.5, 0.6) is 0 Å². The van der Waals surface area contributed by atoms with Gasteiger partial charge < -0.3 is 14.6 Å². The summed E-state index contributed by atoms with van der Waals surface area (Å²) in [6, 6.07) is 8.54. The van der Waals surface area contributed by atoms with Crippen LogP contribution in [0.4, 0.5) is 11.8 Å². The average Bonchev–Trinajstić information content (AvgIpc) is 3.23. The molecule has 0 saturated carbocycles. The van der Waals surface area contributed by atoms with Crippen LogP contribution in [0.2, 0.25) is 0 Å². The Morgan fingerprint density at radius 1 is 1.00 bits per heavy atom. The molecule has 2 aromatic heterocycles. The van der Waals surface area contributed by atoms with Crippen LogP contribution in [0.25, 0.3) is 11.3 Å². The third kappa shape index (κ3) is 5.43. The second kappa shape index (κ2) is 9.66. The zero-order valence-electron chi connectivity index (χ0n) is 18.3. The van der Waals surface area contributed by atoms with Gasteiger partial charge in [-0.05, 0) is 38.3 Å². The van der Waals surface area contributed by atoms with Gasteiger partial charge in [-0.25, -0.2) is 23.1 Å². The molecule has 0 radical (unpaired) electrons. The SMILES string of the molecule is Cc1cc(N2CCCCC2)nc(NCCNS(=O)(=O)c2ccc(-c3coc(C)n3)cc2)n1. The van der Waals surface area contributed by atoms with E-state index in [-0.39, 0.29) is 11.4 Å². The van der Waals surface area contributed by atoms with E-state index in [4.69, 9.17) is 4.42 Å². The summed E-state index contributed by atoms with van der Waals surface area (Å²) >= 11 is 0. The van der Waals surface area contributed by atoms with E-state index in [1.165, 1.54) is 19.3 Å². The van der Waals surface area contributed by atoms with E-state index in [1.54, 1.807) is 37.5 Å². The van der Waals surface area contributed by atoms with Crippen molar-refractivity contribution in [2.75, 3.05) is 36.4 Å². The van der Waals surface area contributed by atoms with Crippen LogP contribution in [0, 0.1) is 13.8 Å². The first-order valence-corrected chi connectivity index (χ1v) is 12.3. The van der Waals surface area contributed by atoms with Gasteiger partial charge in [-0.3, -0.25) is 0 Å². The van der Waals surface area contributed by atoms with Crippen LogP contribution in [-0.2, 0) is 10.0 Å². The molecule has 0 bridgehead atoms. The van der Waals surface area contributed by atoms with Crippen molar-refractivity contribution in [1.29, 1.82) is 0 Å². The van der Waals surface area contributed by atoms with Gasteiger partial charge in [0.25, 0.3) is 0 Å². The molecule has 0 atom stereocenters. The Balaban J connectivity index is 1.32. The van der Waals surface area contributed by atoms with Crippen molar-refractivity contribution < 1.29 is 12.8 Å². The van der Waals surface area contributed by atoms with Crippen LogP contribution in [-0.4, -0.2) is 49.5 Å². The third-order valence-corrected chi connectivity index (χ3v) is 6.78. The van der Waals surface area contributed by atoms with Gasteiger partial charge in [0.2, 0.25) is 16.0 Å². The Kier molecular flexibility index (Phi) is 6.71. The van der Waals surface area contributed by atoms with E-state index in [1.807, 2.05) is 13.0 Å². The lowest BCUT2D eigenvalue weighted by Gasteiger charge is -2.28. The smallest absolute Gasteiger partial charge is 0.240 e. The number of benzene rings is 1. The highest BCUT2D eigenvalue weighted by Gasteiger charge is 2.16. The van der Waals surface area contributed by atoms with Gasteiger partial charge in [0.15, 0.2) is 5.89 Å². The van der Waals surface area contributed by atoms with E-state index in [9.17, 15) is 8.42 Å². The standard InChI is InChI=1S/C22H28N6O3S/c1-16-14-21(28-12-4-3-5-13-28)27-22(25-16)23-10-11-24-32(29,30)19-8-6-18(7-9-19)20-15-31-17(2)26-20/h6-9,14-15,24H,3-5,10-13H2,1-2H3,(H,23,25,27). The molecular formula is C22H28N6O3S. The first kappa shape index (κ1) is 22.2. The van der Waals surface area contributed by atoms with Crippen molar-refractivity contribution in [1.82, 2.24) is 19.7 Å². The summed E-state index contributed by atoms with van der Waals surface area (Å²) < 4.78 is 33.0.